The Balaban J connectivity index is 1.94. The smallest absolute Gasteiger partial charge is 0.0953 e. The average Bonchev–Trinajstić information content (AvgIpc) is 2.77. The van der Waals surface area contributed by atoms with Crippen molar-refractivity contribution >= 4 is 0 Å². The third-order valence-electron chi connectivity index (χ3n) is 2.87. The molecule has 0 fully saturated rings. The Morgan fingerprint density at radius 1 is 1.33 bits per heavy atom. The highest BCUT2D eigenvalue weighted by molar-refractivity contribution is 5.22. The minimum Gasteiger partial charge on any atom is -0.333 e. The molecule has 0 unspecified atom stereocenters. The fraction of sp³-hybridized carbons (Fsp3) is 0.400. The van der Waals surface area contributed by atoms with Crippen LogP contribution in [0.1, 0.15) is 30.2 Å². The number of hydrogen-bond donors (Lipinski definition) is 1. The van der Waals surface area contributed by atoms with Crippen LogP contribution in [0.15, 0.2) is 36.8 Å². The Hall–Kier alpha value is -1.61. The maximum Gasteiger partial charge on any atom is 0.0953 e. The molecule has 18 heavy (non-hydrogen) atoms. The molecule has 96 valence electrons. The number of aromatic nitrogens is 2. The lowest BCUT2D eigenvalue weighted by Gasteiger charge is -2.03. The van der Waals surface area contributed by atoms with Crippen LogP contribution in [0.2, 0.25) is 0 Å². The van der Waals surface area contributed by atoms with Gasteiger partial charge in [-0.2, -0.15) is 0 Å². The molecule has 0 aliphatic heterocycles. The molecule has 3 nitrogen and oxygen atoms in total. The first-order valence-electron chi connectivity index (χ1n) is 6.55. The van der Waals surface area contributed by atoms with Crippen LogP contribution in [-0.2, 0) is 13.1 Å². The zero-order valence-corrected chi connectivity index (χ0v) is 11.2. The highest BCUT2D eigenvalue weighted by atomic mass is 15.0. The van der Waals surface area contributed by atoms with Crippen molar-refractivity contribution in [2.45, 2.75) is 33.4 Å². The standard InChI is InChI=1S/C15H21N3/c1-3-7-16-9-15-11-18(12-17-15)10-14-6-4-5-13(2)8-14/h4-6,8,11-12,16H,3,7,9-10H2,1-2H3. The van der Waals surface area contributed by atoms with Crippen LogP contribution in [0.3, 0.4) is 0 Å². The molecule has 1 aromatic heterocycles. The van der Waals surface area contributed by atoms with Crippen LogP contribution in [0, 0.1) is 6.92 Å². The van der Waals surface area contributed by atoms with Gasteiger partial charge in [0.15, 0.2) is 0 Å². The van der Waals surface area contributed by atoms with Gasteiger partial charge in [-0.15, -0.1) is 0 Å². The summed E-state index contributed by atoms with van der Waals surface area (Å²) in [5.41, 5.74) is 3.73. The minimum atomic E-state index is 0.856. The number of rotatable bonds is 6. The SMILES string of the molecule is CCCNCc1cn(Cc2cccc(C)c2)cn1. The van der Waals surface area contributed by atoms with Crippen molar-refractivity contribution in [2.75, 3.05) is 6.54 Å². The molecule has 0 aliphatic carbocycles. The summed E-state index contributed by atoms with van der Waals surface area (Å²) in [6, 6.07) is 8.60. The summed E-state index contributed by atoms with van der Waals surface area (Å²) in [4.78, 5) is 4.41. The summed E-state index contributed by atoms with van der Waals surface area (Å²) in [6.45, 7) is 7.09. The van der Waals surface area contributed by atoms with Gasteiger partial charge in [0.05, 0.1) is 12.0 Å². The first-order chi connectivity index (χ1) is 8.78. The molecule has 2 aromatic rings. The number of benzene rings is 1. The lowest BCUT2D eigenvalue weighted by atomic mass is 10.1. The van der Waals surface area contributed by atoms with Gasteiger partial charge in [-0.25, -0.2) is 4.98 Å². The van der Waals surface area contributed by atoms with E-state index < -0.39 is 0 Å². The molecule has 1 aromatic carbocycles. The van der Waals surface area contributed by atoms with Crippen molar-refractivity contribution in [3.8, 4) is 0 Å². The van der Waals surface area contributed by atoms with E-state index in [4.69, 9.17) is 0 Å². The molecular weight excluding hydrogens is 222 g/mol. The number of imidazole rings is 1. The van der Waals surface area contributed by atoms with Crippen LogP contribution in [-0.4, -0.2) is 16.1 Å². The van der Waals surface area contributed by atoms with Crippen molar-refractivity contribution < 1.29 is 0 Å². The van der Waals surface area contributed by atoms with Crippen LogP contribution in [0.4, 0.5) is 0 Å². The van der Waals surface area contributed by atoms with Crippen molar-refractivity contribution in [3.63, 3.8) is 0 Å². The molecule has 1 N–H and O–H groups in total. The average molecular weight is 243 g/mol. The quantitative estimate of drug-likeness (QED) is 0.791. The number of hydrogen-bond acceptors (Lipinski definition) is 2. The van der Waals surface area contributed by atoms with Gasteiger partial charge in [-0.1, -0.05) is 36.8 Å². The van der Waals surface area contributed by atoms with Crippen molar-refractivity contribution in [2.24, 2.45) is 0 Å². The van der Waals surface area contributed by atoms with E-state index in [0.29, 0.717) is 0 Å². The lowest BCUT2D eigenvalue weighted by Crippen LogP contribution is -2.13. The van der Waals surface area contributed by atoms with Gasteiger partial charge in [0.2, 0.25) is 0 Å². The topological polar surface area (TPSA) is 29.9 Å². The van der Waals surface area contributed by atoms with Gasteiger partial charge < -0.3 is 9.88 Å². The molecule has 0 amide bonds. The second-order valence-corrected chi connectivity index (χ2v) is 4.70. The Bertz CT molecular complexity index is 488. The summed E-state index contributed by atoms with van der Waals surface area (Å²) in [6.07, 6.45) is 5.18. The Kier molecular flexibility index (Phi) is 4.53. The zero-order valence-electron chi connectivity index (χ0n) is 11.2. The summed E-state index contributed by atoms with van der Waals surface area (Å²) in [5, 5.41) is 3.36. The summed E-state index contributed by atoms with van der Waals surface area (Å²) < 4.78 is 2.14. The maximum absolute atomic E-state index is 4.41. The number of aryl methyl sites for hydroxylation is 1. The fourth-order valence-corrected chi connectivity index (χ4v) is 2.00. The maximum atomic E-state index is 4.41. The molecule has 0 radical (unpaired) electrons. The van der Waals surface area contributed by atoms with Crippen LogP contribution >= 0.6 is 0 Å². The van der Waals surface area contributed by atoms with Gasteiger partial charge in [-0.05, 0) is 25.5 Å². The first-order valence-corrected chi connectivity index (χ1v) is 6.55. The minimum absolute atomic E-state index is 0.856. The monoisotopic (exact) mass is 243 g/mol. The van der Waals surface area contributed by atoms with Crippen molar-refractivity contribution in [1.29, 1.82) is 0 Å². The van der Waals surface area contributed by atoms with Crippen molar-refractivity contribution in [3.05, 3.63) is 53.6 Å². The molecule has 0 saturated heterocycles. The van der Waals surface area contributed by atoms with Crippen LogP contribution < -0.4 is 5.32 Å². The Morgan fingerprint density at radius 3 is 3.00 bits per heavy atom. The van der Waals surface area contributed by atoms with Gasteiger partial charge in [-0.3, -0.25) is 0 Å². The van der Waals surface area contributed by atoms with Gasteiger partial charge in [0, 0.05) is 19.3 Å². The van der Waals surface area contributed by atoms with Gasteiger partial charge >= 0.3 is 0 Å². The van der Waals surface area contributed by atoms with E-state index in [1.54, 1.807) is 0 Å². The highest BCUT2D eigenvalue weighted by Crippen LogP contribution is 2.07. The molecule has 0 aliphatic rings. The van der Waals surface area contributed by atoms with E-state index in [1.807, 2.05) is 6.33 Å². The fourth-order valence-electron chi connectivity index (χ4n) is 2.00. The molecule has 0 spiro atoms. The molecule has 0 bridgehead atoms. The summed E-state index contributed by atoms with van der Waals surface area (Å²) in [5.74, 6) is 0. The number of nitrogens with one attached hydrogen (secondary N) is 1. The Labute approximate surface area is 109 Å². The highest BCUT2D eigenvalue weighted by Gasteiger charge is 1.99. The second kappa shape index (κ2) is 6.36. The molecule has 2 rings (SSSR count). The molecule has 0 saturated carbocycles. The summed E-state index contributed by atoms with van der Waals surface area (Å²) in [7, 11) is 0. The molecular formula is C15H21N3. The van der Waals surface area contributed by atoms with E-state index in [0.717, 1.165) is 31.7 Å². The molecule has 1 heterocycles. The third-order valence-corrected chi connectivity index (χ3v) is 2.87. The number of nitrogens with zero attached hydrogens (tertiary/aromatic N) is 2. The molecule has 0 atom stereocenters. The third kappa shape index (κ3) is 3.70. The van der Waals surface area contributed by atoms with E-state index in [-0.39, 0.29) is 0 Å². The van der Waals surface area contributed by atoms with Crippen LogP contribution in [0.25, 0.3) is 0 Å². The predicted octanol–water partition coefficient (Wildman–Crippen LogP) is 2.74. The van der Waals surface area contributed by atoms with Gasteiger partial charge in [0.1, 0.15) is 0 Å². The van der Waals surface area contributed by atoms with E-state index >= 15 is 0 Å². The summed E-state index contributed by atoms with van der Waals surface area (Å²) >= 11 is 0. The Morgan fingerprint density at radius 2 is 2.22 bits per heavy atom. The second-order valence-electron chi connectivity index (χ2n) is 4.70. The van der Waals surface area contributed by atoms with E-state index in [1.165, 1.54) is 11.1 Å². The normalized spacial score (nSPS) is 10.8. The van der Waals surface area contributed by atoms with Gasteiger partial charge in [0.25, 0.3) is 0 Å². The predicted molar refractivity (Wildman–Crippen MR) is 74.5 cm³/mol. The zero-order chi connectivity index (χ0) is 12.8. The van der Waals surface area contributed by atoms with Crippen LogP contribution in [0.5, 0.6) is 0 Å². The van der Waals surface area contributed by atoms with E-state index in [2.05, 4.69) is 59.2 Å². The molecule has 3 heteroatoms. The first kappa shape index (κ1) is 12.8. The van der Waals surface area contributed by atoms with E-state index in [9.17, 15) is 0 Å². The van der Waals surface area contributed by atoms with Crippen molar-refractivity contribution in [1.82, 2.24) is 14.9 Å². The largest absolute Gasteiger partial charge is 0.333 e. The lowest BCUT2D eigenvalue weighted by molar-refractivity contribution is 0.665.